The summed E-state index contributed by atoms with van der Waals surface area (Å²) >= 11 is 0. The molecule has 1 nitrogen and oxygen atoms in total. The number of hydrogen-bond acceptors (Lipinski definition) is 1. The largest absolute Gasteiger partial charge is 0.380 e. The molecule has 0 bridgehead atoms. The summed E-state index contributed by atoms with van der Waals surface area (Å²) in [5.41, 5.74) is 1.62. The number of benzene rings is 1. The van der Waals surface area contributed by atoms with E-state index in [1.165, 1.54) is 24.1 Å². The van der Waals surface area contributed by atoms with Crippen molar-refractivity contribution in [2.45, 2.75) is 26.2 Å². The van der Waals surface area contributed by atoms with Crippen LogP contribution in [0.15, 0.2) is 24.3 Å². The van der Waals surface area contributed by atoms with E-state index in [0.717, 1.165) is 26.1 Å². The second-order valence-corrected chi connectivity index (χ2v) is 4.47. The Morgan fingerprint density at radius 1 is 1.27 bits per heavy atom. The van der Waals surface area contributed by atoms with E-state index in [2.05, 4.69) is 6.92 Å². The minimum absolute atomic E-state index is 0.157. The molecule has 0 spiro atoms. The Bertz CT molecular complexity index is 308. The Morgan fingerprint density at radius 3 is 2.40 bits per heavy atom. The third-order valence-electron chi connectivity index (χ3n) is 3.42. The van der Waals surface area contributed by atoms with Gasteiger partial charge in [0.2, 0.25) is 0 Å². The van der Waals surface area contributed by atoms with Crippen LogP contribution in [0.1, 0.15) is 25.3 Å². The molecule has 0 atom stereocenters. The summed E-state index contributed by atoms with van der Waals surface area (Å²) in [6.45, 7) is 4.00. The molecule has 2 rings (SSSR count). The van der Waals surface area contributed by atoms with Crippen molar-refractivity contribution in [3.05, 3.63) is 35.6 Å². The lowest BCUT2D eigenvalue weighted by atomic mass is 9.78. The number of aryl methyl sites for hydroxylation is 1. The Kier molecular flexibility index (Phi) is 3.06. The van der Waals surface area contributed by atoms with Crippen molar-refractivity contribution in [2.24, 2.45) is 5.41 Å². The molecule has 0 N–H and O–H groups in total. The molecule has 1 heterocycles. The minimum atomic E-state index is -0.157. The molecule has 1 aromatic carbocycles. The first-order valence-electron chi connectivity index (χ1n) is 5.56. The van der Waals surface area contributed by atoms with Gasteiger partial charge in [-0.05, 0) is 37.0 Å². The Balaban J connectivity index is 1.90. The highest BCUT2D eigenvalue weighted by Gasteiger charge is 2.35. The second-order valence-electron chi connectivity index (χ2n) is 4.47. The van der Waals surface area contributed by atoms with Crippen molar-refractivity contribution in [3.8, 4) is 0 Å². The van der Waals surface area contributed by atoms with Crippen LogP contribution in [0.5, 0.6) is 0 Å². The van der Waals surface area contributed by atoms with Gasteiger partial charge < -0.3 is 4.74 Å². The quantitative estimate of drug-likeness (QED) is 0.738. The van der Waals surface area contributed by atoms with E-state index in [-0.39, 0.29) is 5.82 Å². The predicted molar refractivity (Wildman–Crippen MR) is 58.3 cm³/mol. The maximum atomic E-state index is 12.7. The van der Waals surface area contributed by atoms with Gasteiger partial charge in [-0.25, -0.2) is 4.39 Å². The highest BCUT2D eigenvalue weighted by atomic mass is 19.1. The lowest BCUT2D eigenvalue weighted by Gasteiger charge is -2.41. The van der Waals surface area contributed by atoms with E-state index in [0.29, 0.717) is 5.41 Å². The molecule has 1 aliphatic rings. The standard InChI is InChI=1S/C13H17FO/c1-2-13(9-15-10-13)8-7-11-3-5-12(14)6-4-11/h3-6H,2,7-10H2,1H3. The fourth-order valence-corrected chi connectivity index (χ4v) is 1.98. The van der Waals surface area contributed by atoms with Crippen LogP contribution in [0.2, 0.25) is 0 Å². The first-order chi connectivity index (χ1) is 7.24. The van der Waals surface area contributed by atoms with Crippen LogP contribution in [-0.2, 0) is 11.2 Å². The molecule has 0 amide bonds. The zero-order valence-corrected chi connectivity index (χ0v) is 9.13. The van der Waals surface area contributed by atoms with Gasteiger partial charge in [0, 0.05) is 5.41 Å². The van der Waals surface area contributed by atoms with Crippen molar-refractivity contribution >= 4 is 0 Å². The van der Waals surface area contributed by atoms with Gasteiger partial charge in [0.1, 0.15) is 5.82 Å². The summed E-state index contributed by atoms with van der Waals surface area (Å²) in [6.07, 6.45) is 3.35. The Morgan fingerprint density at radius 2 is 1.93 bits per heavy atom. The van der Waals surface area contributed by atoms with Crippen LogP contribution in [0, 0.1) is 11.2 Å². The second kappa shape index (κ2) is 4.31. The molecule has 1 saturated heterocycles. The highest BCUT2D eigenvalue weighted by molar-refractivity contribution is 5.16. The van der Waals surface area contributed by atoms with E-state index in [1.54, 1.807) is 0 Å². The summed E-state index contributed by atoms with van der Waals surface area (Å²) in [5, 5.41) is 0. The van der Waals surface area contributed by atoms with Crippen LogP contribution in [0.4, 0.5) is 4.39 Å². The molecule has 2 heteroatoms. The zero-order valence-electron chi connectivity index (χ0n) is 9.13. The summed E-state index contributed by atoms with van der Waals surface area (Å²) in [7, 11) is 0. The van der Waals surface area contributed by atoms with E-state index in [4.69, 9.17) is 4.74 Å². The topological polar surface area (TPSA) is 9.23 Å². The zero-order chi connectivity index (χ0) is 10.7. The smallest absolute Gasteiger partial charge is 0.123 e. The molecule has 0 unspecified atom stereocenters. The Labute approximate surface area is 90.3 Å². The van der Waals surface area contributed by atoms with Gasteiger partial charge in [0.15, 0.2) is 0 Å². The van der Waals surface area contributed by atoms with Crippen LogP contribution in [0.3, 0.4) is 0 Å². The minimum Gasteiger partial charge on any atom is -0.380 e. The van der Waals surface area contributed by atoms with Crippen molar-refractivity contribution in [2.75, 3.05) is 13.2 Å². The van der Waals surface area contributed by atoms with Gasteiger partial charge in [-0.1, -0.05) is 19.1 Å². The fraction of sp³-hybridized carbons (Fsp3) is 0.538. The maximum Gasteiger partial charge on any atom is 0.123 e. The summed E-state index contributed by atoms with van der Waals surface area (Å²) < 4.78 is 18.0. The highest BCUT2D eigenvalue weighted by Crippen LogP contribution is 2.35. The van der Waals surface area contributed by atoms with Crippen molar-refractivity contribution in [1.29, 1.82) is 0 Å². The lowest BCUT2D eigenvalue weighted by molar-refractivity contribution is -0.119. The Hall–Kier alpha value is -0.890. The first-order valence-corrected chi connectivity index (χ1v) is 5.56. The fourth-order valence-electron chi connectivity index (χ4n) is 1.98. The SMILES string of the molecule is CCC1(CCc2ccc(F)cc2)COC1. The molecular weight excluding hydrogens is 191 g/mol. The summed E-state index contributed by atoms with van der Waals surface area (Å²) in [4.78, 5) is 0. The average Bonchev–Trinajstić information content (AvgIpc) is 2.20. The van der Waals surface area contributed by atoms with Crippen LogP contribution in [-0.4, -0.2) is 13.2 Å². The molecule has 82 valence electrons. The summed E-state index contributed by atoms with van der Waals surface area (Å²) in [6, 6.07) is 6.81. The number of halogens is 1. The van der Waals surface area contributed by atoms with Gasteiger partial charge >= 0.3 is 0 Å². The molecule has 0 radical (unpaired) electrons. The molecular formula is C13H17FO. The molecule has 0 aliphatic carbocycles. The van der Waals surface area contributed by atoms with Gasteiger partial charge in [0.25, 0.3) is 0 Å². The molecule has 1 aliphatic heterocycles. The van der Waals surface area contributed by atoms with E-state index < -0.39 is 0 Å². The van der Waals surface area contributed by atoms with Crippen LogP contribution in [0.25, 0.3) is 0 Å². The van der Waals surface area contributed by atoms with E-state index in [9.17, 15) is 4.39 Å². The molecule has 1 aromatic rings. The first kappa shape index (κ1) is 10.6. The van der Waals surface area contributed by atoms with Crippen molar-refractivity contribution in [1.82, 2.24) is 0 Å². The van der Waals surface area contributed by atoms with Crippen molar-refractivity contribution < 1.29 is 9.13 Å². The third kappa shape index (κ3) is 2.37. The number of hydrogen-bond donors (Lipinski definition) is 0. The number of rotatable bonds is 4. The monoisotopic (exact) mass is 208 g/mol. The van der Waals surface area contributed by atoms with Gasteiger partial charge in [-0.3, -0.25) is 0 Å². The normalized spacial score (nSPS) is 18.5. The molecule has 0 saturated carbocycles. The molecule has 15 heavy (non-hydrogen) atoms. The van der Waals surface area contributed by atoms with Crippen molar-refractivity contribution in [3.63, 3.8) is 0 Å². The predicted octanol–water partition coefficient (Wildman–Crippen LogP) is 3.18. The molecule has 1 fully saturated rings. The van der Waals surface area contributed by atoms with Gasteiger partial charge in [-0.15, -0.1) is 0 Å². The summed E-state index contributed by atoms with van der Waals surface area (Å²) in [5.74, 6) is -0.157. The third-order valence-corrected chi connectivity index (χ3v) is 3.42. The van der Waals surface area contributed by atoms with E-state index in [1.807, 2.05) is 12.1 Å². The number of ether oxygens (including phenoxy) is 1. The van der Waals surface area contributed by atoms with Crippen LogP contribution < -0.4 is 0 Å². The van der Waals surface area contributed by atoms with E-state index >= 15 is 0 Å². The maximum absolute atomic E-state index is 12.7. The van der Waals surface area contributed by atoms with Gasteiger partial charge in [-0.2, -0.15) is 0 Å². The average molecular weight is 208 g/mol. The lowest BCUT2D eigenvalue weighted by Crippen LogP contribution is -2.42. The molecule has 0 aromatic heterocycles. The van der Waals surface area contributed by atoms with Gasteiger partial charge in [0.05, 0.1) is 13.2 Å². The van der Waals surface area contributed by atoms with Crippen LogP contribution >= 0.6 is 0 Å².